The largest absolute Gasteiger partial charge is 0.496 e. The van der Waals surface area contributed by atoms with Crippen molar-refractivity contribution in [2.24, 2.45) is 5.92 Å². The Hall–Kier alpha value is -2.53. The van der Waals surface area contributed by atoms with Crippen LogP contribution in [0.25, 0.3) is 0 Å². The quantitative estimate of drug-likeness (QED) is 0.879. The lowest BCUT2D eigenvalue weighted by Crippen LogP contribution is -2.33. The van der Waals surface area contributed by atoms with Crippen molar-refractivity contribution < 1.29 is 14.6 Å². The number of amides is 2. The van der Waals surface area contributed by atoms with Gasteiger partial charge < -0.3 is 20.1 Å². The molecule has 0 spiro atoms. The molecule has 132 valence electrons. The van der Waals surface area contributed by atoms with Gasteiger partial charge in [0.1, 0.15) is 5.75 Å². The topological polar surface area (TPSA) is 61.8 Å². The summed E-state index contributed by atoms with van der Waals surface area (Å²) in [5, 5.41) is 12.2. The fourth-order valence-electron chi connectivity index (χ4n) is 3.18. The van der Waals surface area contributed by atoms with Gasteiger partial charge in [0.05, 0.1) is 7.11 Å². The van der Waals surface area contributed by atoms with Gasteiger partial charge in [-0.2, -0.15) is 0 Å². The molecule has 1 saturated heterocycles. The summed E-state index contributed by atoms with van der Waals surface area (Å²) in [7, 11) is 1.65. The molecule has 3 rings (SSSR count). The zero-order chi connectivity index (χ0) is 17.6. The molecule has 2 aromatic rings. The van der Waals surface area contributed by atoms with Crippen molar-refractivity contribution in [3.8, 4) is 5.75 Å². The van der Waals surface area contributed by atoms with E-state index in [4.69, 9.17) is 4.74 Å². The lowest BCUT2D eigenvalue weighted by molar-refractivity contribution is 0.209. The standard InChI is InChI=1S/C20H24N2O3/c1-25-19-8-7-18(12-17(19)11-15-5-3-2-4-6-15)21-20(24)22-10-9-16(13-22)14-23/h2-8,12,16,23H,9-11,13-14H2,1H3,(H,21,24). The average Bonchev–Trinajstić information content (AvgIpc) is 3.12. The molecule has 5 heteroatoms. The molecule has 1 aliphatic heterocycles. The van der Waals surface area contributed by atoms with Crippen LogP contribution in [0.3, 0.4) is 0 Å². The minimum Gasteiger partial charge on any atom is -0.496 e. The normalized spacial score (nSPS) is 16.7. The van der Waals surface area contributed by atoms with Crippen LogP contribution >= 0.6 is 0 Å². The summed E-state index contributed by atoms with van der Waals surface area (Å²) in [5.74, 6) is 0.999. The number of rotatable bonds is 5. The molecule has 1 fully saturated rings. The van der Waals surface area contributed by atoms with Crippen LogP contribution in [0.5, 0.6) is 5.75 Å². The van der Waals surface area contributed by atoms with E-state index in [-0.39, 0.29) is 18.6 Å². The molecule has 25 heavy (non-hydrogen) atoms. The number of nitrogens with zero attached hydrogens (tertiary/aromatic N) is 1. The summed E-state index contributed by atoms with van der Waals surface area (Å²) >= 11 is 0. The van der Waals surface area contributed by atoms with Crippen LogP contribution in [0.15, 0.2) is 48.5 Å². The number of anilines is 1. The summed E-state index contributed by atoms with van der Waals surface area (Å²) in [6.45, 7) is 1.42. The van der Waals surface area contributed by atoms with Crippen molar-refractivity contribution in [2.45, 2.75) is 12.8 Å². The molecule has 1 unspecified atom stereocenters. The Labute approximate surface area is 148 Å². The first kappa shape index (κ1) is 17.3. The van der Waals surface area contributed by atoms with Gasteiger partial charge in [-0.3, -0.25) is 0 Å². The van der Waals surface area contributed by atoms with E-state index in [0.29, 0.717) is 13.1 Å². The monoisotopic (exact) mass is 340 g/mol. The highest BCUT2D eigenvalue weighted by molar-refractivity contribution is 5.89. The fraction of sp³-hybridized carbons (Fsp3) is 0.350. The third-order valence-corrected chi connectivity index (χ3v) is 4.60. The summed E-state index contributed by atoms with van der Waals surface area (Å²) in [5.41, 5.74) is 2.97. The zero-order valence-corrected chi connectivity index (χ0v) is 14.4. The molecular weight excluding hydrogens is 316 g/mol. The second kappa shape index (κ2) is 8.03. The Morgan fingerprint density at radius 2 is 2.08 bits per heavy atom. The van der Waals surface area contributed by atoms with Crippen LogP contribution in [0, 0.1) is 5.92 Å². The molecule has 0 radical (unpaired) electrons. The number of carbonyl (C=O) groups excluding carboxylic acids is 1. The van der Waals surface area contributed by atoms with Gasteiger partial charge in [-0.05, 0) is 30.2 Å². The molecule has 2 aromatic carbocycles. The van der Waals surface area contributed by atoms with Gasteiger partial charge in [-0.1, -0.05) is 30.3 Å². The molecule has 1 atom stereocenters. The first-order chi connectivity index (χ1) is 12.2. The van der Waals surface area contributed by atoms with Crippen LogP contribution in [-0.4, -0.2) is 42.8 Å². The third-order valence-electron chi connectivity index (χ3n) is 4.60. The summed E-state index contributed by atoms with van der Waals surface area (Å²) < 4.78 is 5.46. The second-order valence-corrected chi connectivity index (χ2v) is 6.40. The number of hydrogen-bond acceptors (Lipinski definition) is 3. The minimum absolute atomic E-state index is 0.119. The number of urea groups is 1. The molecule has 1 heterocycles. The van der Waals surface area contributed by atoms with E-state index in [0.717, 1.165) is 29.8 Å². The van der Waals surface area contributed by atoms with Gasteiger partial charge in [-0.15, -0.1) is 0 Å². The van der Waals surface area contributed by atoms with Crippen molar-refractivity contribution in [3.63, 3.8) is 0 Å². The van der Waals surface area contributed by atoms with E-state index < -0.39 is 0 Å². The van der Waals surface area contributed by atoms with Gasteiger partial charge in [0.25, 0.3) is 0 Å². The van der Waals surface area contributed by atoms with Crippen molar-refractivity contribution in [1.29, 1.82) is 0 Å². The highest BCUT2D eigenvalue weighted by Crippen LogP contribution is 2.26. The number of methoxy groups -OCH3 is 1. The van der Waals surface area contributed by atoms with E-state index in [1.54, 1.807) is 12.0 Å². The number of aliphatic hydroxyl groups is 1. The van der Waals surface area contributed by atoms with Crippen LogP contribution in [0.4, 0.5) is 10.5 Å². The van der Waals surface area contributed by atoms with Crippen molar-refractivity contribution in [3.05, 3.63) is 59.7 Å². The molecular formula is C20H24N2O3. The predicted octanol–water partition coefficient (Wildman–Crippen LogP) is 3.13. The molecule has 0 saturated carbocycles. The molecule has 5 nitrogen and oxygen atoms in total. The smallest absolute Gasteiger partial charge is 0.321 e. The van der Waals surface area contributed by atoms with E-state index in [1.165, 1.54) is 5.56 Å². The highest BCUT2D eigenvalue weighted by Gasteiger charge is 2.25. The Kier molecular flexibility index (Phi) is 5.56. The fourth-order valence-corrected chi connectivity index (χ4v) is 3.18. The van der Waals surface area contributed by atoms with E-state index in [9.17, 15) is 9.90 Å². The van der Waals surface area contributed by atoms with E-state index in [2.05, 4.69) is 17.4 Å². The average molecular weight is 340 g/mol. The Morgan fingerprint density at radius 1 is 1.28 bits per heavy atom. The summed E-state index contributed by atoms with van der Waals surface area (Å²) in [4.78, 5) is 14.2. The zero-order valence-electron chi connectivity index (χ0n) is 14.4. The number of benzene rings is 2. The maximum absolute atomic E-state index is 12.4. The maximum atomic E-state index is 12.4. The Balaban J connectivity index is 1.72. The van der Waals surface area contributed by atoms with Crippen LogP contribution in [0.2, 0.25) is 0 Å². The molecule has 2 amide bonds. The lowest BCUT2D eigenvalue weighted by Gasteiger charge is -2.18. The van der Waals surface area contributed by atoms with Crippen molar-refractivity contribution in [1.82, 2.24) is 4.90 Å². The minimum atomic E-state index is -0.119. The van der Waals surface area contributed by atoms with Gasteiger partial charge in [0.15, 0.2) is 0 Å². The molecule has 0 aromatic heterocycles. The summed E-state index contributed by atoms with van der Waals surface area (Å²) in [6.07, 6.45) is 1.59. The van der Waals surface area contributed by atoms with Crippen LogP contribution < -0.4 is 10.1 Å². The van der Waals surface area contributed by atoms with Crippen molar-refractivity contribution in [2.75, 3.05) is 32.1 Å². The second-order valence-electron chi connectivity index (χ2n) is 6.40. The van der Waals surface area contributed by atoms with E-state index in [1.807, 2.05) is 36.4 Å². The molecule has 0 bridgehead atoms. The third kappa shape index (κ3) is 4.31. The number of aliphatic hydroxyl groups excluding tert-OH is 1. The molecule has 1 aliphatic rings. The maximum Gasteiger partial charge on any atom is 0.321 e. The van der Waals surface area contributed by atoms with Crippen LogP contribution in [-0.2, 0) is 6.42 Å². The predicted molar refractivity (Wildman–Crippen MR) is 98.0 cm³/mol. The van der Waals surface area contributed by atoms with Gasteiger partial charge in [0, 0.05) is 43.3 Å². The van der Waals surface area contributed by atoms with E-state index >= 15 is 0 Å². The first-order valence-electron chi connectivity index (χ1n) is 8.57. The SMILES string of the molecule is COc1ccc(NC(=O)N2CCC(CO)C2)cc1Cc1ccccc1. The number of carbonyl (C=O) groups is 1. The highest BCUT2D eigenvalue weighted by atomic mass is 16.5. The van der Waals surface area contributed by atoms with Crippen LogP contribution in [0.1, 0.15) is 17.5 Å². The van der Waals surface area contributed by atoms with Gasteiger partial charge in [0.2, 0.25) is 0 Å². The number of ether oxygens (including phenoxy) is 1. The Morgan fingerprint density at radius 3 is 2.76 bits per heavy atom. The number of likely N-dealkylation sites (tertiary alicyclic amines) is 1. The Bertz CT molecular complexity index is 718. The van der Waals surface area contributed by atoms with Gasteiger partial charge in [-0.25, -0.2) is 4.79 Å². The molecule has 0 aliphatic carbocycles. The molecule has 2 N–H and O–H groups in total. The lowest BCUT2D eigenvalue weighted by atomic mass is 10.0. The van der Waals surface area contributed by atoms with Crippen molar-refractivity contribution >= 4 is 11.7 Å². The number of nitrogens with one attached hydrogen (secondary N) is 1. The van der Waals surface area contributed by atoms with Gasteiger partial charge >= 0.3 is 6.03 Å². The summed E-state index contributed by atoms with van der Waals surface area (Å²) in [6, 6.07) is 15.7. The first-order valence-corrected chi connectivity index (χ1v) is 8.57. The number of hydrogen-bond donors (Lipinski definition) is 2.